The third-order valence-electron chi connectivity index (χ3n) is 8.99. The van der Waals surface area contributed by atoms with Crippen LogP contribution in [-0.4, -0.2) is 69.7 Å². The lowest BCUT2D eigenvalue weighted by atomic mass is 9.94. The van der Waals surface area contributed by atoms with E-state index in [1.165, 1.54) is 70.5 Å². The minimum atomic E-state index is -3.96. The number of rotatable bonds is 11. The normalized spacial score (nSPS) is 17.8. The van der Waals surface area contributed by atoms with Crippen molar-refractivity contribution in [2.24, 2.45) is 0 Å². The minimum absolute atomic E-state index is 0.0610. The summed E-state index contributed by atoms with van der Waals surface area (Å²) in [6.45, 7) is 6.94. The molecule has 5 rings (SSSR count). The van der Waals surface area contributed by atoms with Crippen LogP contribution < -0.4 is 4.74 Å². The van der Waals surface area contributed by atoms with Gasteiger partial charge in [0, 0.05) is 45.3 Å². The van der Waals surface area contributed by atoms with Crippen LogP contribution in [0.25, 0.3) is 0 Å². The van der Waals surface area contributed by atoms with Gasteiger partial charge in [0.25, 0.3) is 0 Å². The summed E-state index contributed by atoms with van der Waals surface area (Å²) in [7, 11) is -6.10. The van der Waals surface area contributed by atoms with Gasteiger partial charge in [-0.05, 0) is 71.8 Å². The maximum Gasteiger partial charge on any atom is 0.243 e. The van der Waals surface area contributed by atoms with Crippen LogP contribution in [0.3, 0.4) is 0 Å². The molecule has 1 saturated heterocycles. The number of benzene rings is 3. The van der Waals surface area contributed by atoms with Crippen molar-refractivity contribution >= 4 is 20.0 Å². The first-order valence-electron chi connectivity index (χ1n) is 15.6. The third kappa shape index (κ3) is 7.54. The van der Waals surface area contributed by atoms with E-state index in [0.717, 1.165) is 24.2 Å². The van der Waals surface area contributed by atoms with Gasteiger partial charge in [0.1, 0.15) is 5.75 Å². The molecule has 0 amide bonds. The van der Waals surface area contributed by atoms with E-state index in [4.69, 9.17) is 4.74 Å². The van der Waals surface area contributed by atoms with Crippen molar-refractivity contribution in [2.75, 3.05) is 33.3 Å². The van der Waals surface area contributed by atoms with Crippen molar-refractivity contribution in [1.82, 2.24) is 13.5 Å². The highest BCUT2D eigenvalue weighted by atomic mass is 32.2. The lowest BCUT2D eigenvalue weighted by Gasteiger charge is -2.40. The number of piperazine rings is 1. The molecule has 1 aliphatic heterocycles. The summed E-state index contributed by atoms with van der Waals surface area (Å²) in [6, 6.07) is 21.6. The highest BCUT2D eigenvalue weighted by Crippen LogP contribution is 2.28. The quantitative estimate of drug-likeness (QED) is 0.262. The minimum Gasteiger partial charge on any atom is -0.497 e. The molecule has 3 aromatic rings. The fourth-order valence-corrected chi connectivity index (χ4v) is 9.05. The number of nitrogens with zero attached hydrogens (tertiary/aromatic N) is 3. The van der Waals surface area contributed by atoms with Crippen molar-refractivity contribution in [1.29, 1.82) is 0 Å². The summed E-state index contributed by atoms with van der Waals surface area (Å²) < 4.78 is 63.3. The number of hydrogen-bond acceptors (Lipinski definition) is 6. The Bertz CT molecular complexity index is 1580. The molecule has 238 valence electrons. The van der Waals surface area contributed by atoms with Crippen molar-refractivity contribution in [3.05, 3.63) is 89.5 Å². The topological polar surface area (TPSA) is 87.2 Å². The van der Waals surface area contributed by atoms with Crippen molar-refractivity contribution in [3.63, 3.8) is 0 Å². The van der Waals surface area contributed by atoms with Gasteiger partial charge in [0.05, 0.1) is 16.9 Å². The first-order chi connectivity index (χ1) is 21.1. The van der Waals surface area contributed by atoms with Gasteiger partial charge in [-0.3, -0.25) is 4.90 Å². The first kappa shape index (κ1) is 32.6. The fraction of sp³-hybridized carbons (Fsp3) is 0.471. The Kier molecular flexibility index (Phi) is 10.5. The van der Waals surface area contributed by atoms with Gasteiger partial charge in [-0.1, -0.05) is 69.5 Å². The van der Waals surface area contributed by atoms with E-state index in [-0.39, 0.29) is 22.9 Å². The molecule has 2 fully saturated rings. The predicted octanol–water partition coefficient (Wildman–Crippen LogP) is 5.85. The van der Waals surface area contributed by atoms with Crippen LogP contribution in [0.15, 0.2) is 82.6 Å². The Hall–Kier alpha value is -2.76. The number of methoxy groups -OCH3 is 1. The molecule has 8 nitrogen and oxygen atoms in total. The van der Waals surface area contributed by atoms with Crippen LogP contribution in [0.1, 0.15) is 68.6 Å². The predicted molar refractivity (Wildman–Crippen MR) is 174 cm³/mol. The molecule has 1 heterocycles. The van der Waals surface area contributed by atoms with Gasteiger partial charge in [0.15, 0.2) is 0 Å². The summed E-state index contributed by atoms with van der Waals surface area (Å²) in [5.74, 6) is 1.07. The van der Waals surface area contributed by atoms with E-state index in [1.807, 2.05) is 48.5 Å². The Labute approximate surface area is 263 Å². The van der Waals surface area contributed by atoms with E-state index in [0.29, 0.717) is 30.8 Å². The second-order valence-electron chi connectivity index (χ2n) is 12.2. The number of sulfonamides is 2. The van der Waals surface area contributed by atoms with E-state index in [1.54, 1.807) is 7.11 Å². The van der Waals surface area contributed by atoms with Crippen molar-refractivity contribution in [3.8, 4) is 5.75 Å². The zero-order valence-electron chi connectivity index (χ0n) is 26.1. The number of ether oxygens (including phenoxy) is 1. The van der Waals surface area contributed by atoms with Gasteiger partial charge in [0.2, 0.25) is 20.0 Å². The second kappa shape index (κ2) is 14.1. The maximum atomic E-state index is 14.0. The molecule has 1 aliphatic carbocycles. The molecule has 0 aromatic heterocycles. The summed E-state index contributed by atoms with van der Waals surface area (Å²) in [5.41, 5.74) is 2.88. The van der Waals surface area contributed by atoms with Gasteiger partial charge >= 0.3 is 0 Å². The lowest BCUT2D eigenvalue weighted by Crippen LogP contribution is -2.52. The zero-order chi connectivity index (χ0) is 31.3. The summed E-state index contributed by atoms with van der Waals surface area (Å²) >= 11 is 0. The monoisotopic (exact) mass is 639 g/mol. The van der Waals surface area contributed by atoms with Gasteiger partial charge in [-0.15, -0.1) is 0 Å². The smallest absolute Gasteiger partial charge is 0.243 e. The number of hydrogen-bond donors (Lipinski definition) is 0. The highest BCUT2D eigenvalue weighted by molar-refractivity contribution is 7.89. The van der Waals surface area contributed by atoms with Crippen LogP contribution >= 0.6 is 0 Å². The zero-order valence-corrected chi connectivity index (χ0v) is 27.7. The molecular weight excluding hydrogens is 595 g/mol. The van der Waals surface area contributed by atoms with E-state index in [2.05, 4.69) is 18.7 Å². The van der Waals surface area contributed by atoms with Crippen LogP contribution in [0.5, 0.6) is 5.75 Å². The molecule has 44 heavy (non-hydrogen) atoms. The van der Waals surface area contributed by atoms with Gasteiger partial charge in [-0.25, -0.2) is 16.8 Å². The average Bonchev–Trinajstić information content (AvgIpc) is 3.05. The molecule has 10 heteroatoms. The maximum absolute atomic E-state index is 14.0. The standard InChI is InChI=1S/C34H45N3O5S2/c1-27(2)30-13-9-28(10-14-30)25-37(26-29-11-15-32(42-3)16-12-29)44(40,41)34-19-17-33(18-20-34)43(38,39)36-23-21-35(22-24-36)31-7-5-4-6-8-31/h9-20,27,31H,4-8,21-26H2,1-3H3. The molecule has 0 atom stereocenters. The highest BCUT2D eigenvalue weighted by Gasteiger charge is 2.32. The third-order valence-corrected chi connectivity index (χ3v) is 12.7. The van der Waals surface area contributed by atoms with Crippen LogP contribution in [0.4, 0.5) is 0 Å². The summed E-state index contributed by atoms with van der Waals surface area (Å²) in [5, 5.41) is 0. The fourth-order valence-electron chi connectivity index (χ4n) is 6.21. The molecule has 0 unspecified atom stereocenters. The molecular formula is C34H45N3O5S2. The Balaban J connectivity index is 1.34. The summed E-state index contributed by atoms with van der Waals surface area (Å²) in [6.07, 6.45) is 6.19. The van der Waals surface area contributed by atoms with Gasteiger partial charge in [-0.2, -0.15) is 8.61 Å². The SMILES string of the molecule is COc1ccc(CN(Cc2ccc(C(C)C)cc2)S(=O)(=O)c2ccc(S(=O)(=O)N3CCN(C4CCCCC4)CC3)cc2)cc1. The van der Waals surface area contributed by atoms with Crippen molar-refractivity contribution < 1.29 is 21.6 Å². The van der Waals surface area contributed by atoms with Gasteiger partial charge < -0.3 is 4.74 Å². The second-order valence-corrected chi connectivity index (χ2v) is 16.1. The van der Waals surface area contributed by atoms with E-state index in [9.17, 15) is 16.8 Å². The Morgan fingerprint density at radius 3 is 1.77 bits per heavy atom. The summed E-state index contributed by atoms with van der Waals surface area (Å²) in [4.78, 5) is 2.62. The molecule has 1 saturated carbocycles. The van der Waals surface area contributed by atoms with Crippen LogP contribution in [0, 0.1) is 0 Å². The molecule has 0 N–H and O–H groups in total. The molecule has 3 aromatic carbocycles. The molecule has 0 radical (unpaired) electrons. The molecule has 0 bridgehead atoms. The van der Waals surface area contributed by atoms with E-state index >= 15 is 0 Å². The van der Waals surface area contributed by atoms with Crippen LogP contribution in [0.2, 0.25) is 0 Å². The molecule has 2 aliphatic rings. The Morgan fingerprint density at radius 2 is 1.25 bits per heavy atom. The first-order valence-corrected chi connectivity index (χ1v) is 18.5. The van der Waals surface area contributed by atoms with E-state index < -0.39 is 20.0 Å². The average molecular weight is 640 g/mol. The van der Waals surface area contributed by atoms with Crippen molar-refractivity contribution in [2.45, 2.75) is 80.8 Å². The molecule has 0 spiro atoms. The lowest BCUT2D eigenvalue weighted by molar-refractivity contribution is 0.111. The van der Waals surface area contributed by atoms with Crippen LogP contribution in [-0.2, 0) is 33.1 Å². The Morgan fingerprint density at radius 1 is 0.727 bits per heavy atom. The largest absolute Gasteiger partial charge is 0.497 e.